The van der Waals surface area contributed by atoms with Gasteiger partial charge in [-0.3, -0.25) is 0 Å². The molecule has 1 heterocycles. The lowest BCUT2D eigenvalue weighted by Crippen LogP contribution is -2.01. The summed E-state index contributed by atoms with van der Waals surface area (Å²) < 4.78 is 43.4. The molecule has 14 heavy (non-hydrogen) atoms. The fraction of sp³-hybridized carbons (Fsp3) is 0.167. The van der Waals surface area contributed by atoms with Gasteiger partial charge < -0.3 is 0 Å². The Bertz CT molecular complexity index is 481. The molecule has 0 aliphatic rings. The number of rotatable bonds is 2. The largest absolute Gasteiger partial charge is 0.262 e. The first-order valence-corrected chi connectivity index (χ1v) is 7.52. The standard InChI is InChI=1S/C6H6ClNO4S2/c1-13(9,10)6-3-2-5(4-8-6)14(7,11)12/h2-4H,1H3. The quantitative estimate of drug-likeness (QED) is 0.715. The molecule has 0 amide bonds. The third kappa shape index (κ3) is 2.66. The Morgan fingerprint density at radius 2 is 1.79 bits per heavy atom. The van der Waals surface area contributed by atoms with Crippen molar-refractivity contribution in [2.24, 2.45) is 0 Å². The van der Waals surface area contributed by atoms with E-state index in [-0.39, 0.29) is 9.92 Å². The van der Waals surface area contributed by atoms with E-state index in [9.17, 15) is 16.8 Å². The summed E-state index contributed by atoms with van der Waals surface area (Å²) in [6.07, 6.45) is 1.88. The minimum absolute atomic E-state index is 0.193. The molecule has 8 heteroatoms. The smallest absolute Gasteiger partial charge is 0.243 e. The summed E-state index contributed by atoms with van der Waals surface area (Å²) in [6, 6.07) is 2.18. The monoisotopic (exact) mass is 255 g/mol. The van der Waals surface area contributed by atoms with Crippen molar-refractivity contribution in [2.45, 2.75) is 9.92 Å². The van der Waals surface area contributed by atoms with Crippen LogP contribution in [-0.2, 0) is 18.9 Å². The summed E-state index contributed by atoms with van der Waals surface area (Å²) in [5.74, 6) is 0. The van der Waals surface area contributed by atoms with Crippen molar-refractivity contribution in [1.29, 1.82) is 0 Å². The van der Waals surface area contributed by atoms with E-state index in [0.717, 1.165) is 24.6 Å². The van der Waals surface area contributed by atoms with Crippen molar-refractivity contribution in [3.05, 3.63) is 18.3 Å². The molecule has 5 nitrogen and oxygen atoms in total. The van der Waals surface area contributed by atoms with Crippen molar-refractivity contribution in [3.63, 3.8) is 0 Å². The predicted molar refractivity (Wildman–Crippen MR) is 50.4 cm³/mol. The zero-order valence-electron chi connectivity index (χ0n) is 7.01. The van der Waals surface area contributed by atoms with Gasteiger partial charge in [0.1, 0.15) is 4.90 Å². The van der Waals surface area contributed by atoms with Crippen LogP contribution < -0.4 is 0 Å². The molecule has 0 bridgehead atoms. The zero-order chi connectivity index (χ0) is 11.0. The number of hydrogen-bond acceptors (Lipinski definition) is 5. The first kappa shape index (κ1) is 11.4. The average molecular weight is 256 g/mol. The SMILES string of the molecule is CS(=O)(=O)c1ccc(S(=O)(=O)Cl)cn1. The lowest BCUT2D eigenvalue weighted by Gasteiger charge is -1.97. The molecule has 0 N–H and O–H groups in total. The normalized spacial score (nSPS) is 12.7. The Labute approximate surface area is 86.1 Å². The summed E-state index contributed by atoms with van der Waals surface area (Å²) in [7, 11) is -2.26. The summed E-state index contributed by atoms with van der Waals surface area (Å²) in [4.78, 5) is 3.23. The van der Waals surface area contributed by atoms with Gasteiger partial charge in [-0.2, -0.15) is 0 Å². The second-order valence-corrected chi connectivity index (χ2v) is 7.07. The van der Waals surface area contributed by atoms with E-state index in [1.807, 2.05) is 0 Å². The number of halogens is 1. The van der Waals surface area contributed by atoms with Gasteiger partial charge in [-0.15, -0.1) is 0 Å². The minimum Gasteiger partial charge on any atom is -0.243 e. The maximum atomic E-state index is 10.9. The number of nitrogens with zero attached hydrogens (tertiary/aromatic N) is 1. The molecular formula is C6H6ClNO4S2. The molecule has 0 saturated carbocycles. The molecule has 1 aromatic rings. The summed E-state index contributed by atoms with van der Waals surface area (Å²) >= 11 is 0. The highest BCUT2D eigenvalue weighted by Crippen LogP contribution is 2.14. The lowest BCUT2D eigenvalue weighted by atomic mass is 10.5. The third-order valence-corrected chi connectivity index (χ3v) is 3.71. The second-order valence-electron chi connectivity index (χ2n) is 2.54. The van der Waals surface area contributed by atoms with Gasteiger partial charge in [-0.25, -0.2) is 21.8 Å². The highest BCUT2D eigenvalue weighted by atomic mass is 35.7. The van der Waals surface area contributed by atoms with Crippen LogP contribution in [0, 0.1) is 0 Å². The molecule has 0 aliphatic heterocycles. The molecule has 1 aromatic heterocycles. The van der Waals surface area contributed by atoms with E-state index in [0.29, 0.717) is 0 Å². The van der Waals surface area contributed by atoms with Crippen LogP contribution in [0.3, 0.4) is 0 Å². The van der Waals surface area contributed by atoms with Gasteiger partial charge in [-0.05, 0) is 12.1 Å². The van der Waals surface area contributed by atoms with E-state index in [4.69, 9.17) is 10.7 Å². The molecule has 0 radical (unpaired) electrons. The third-order valence-electron chi connectivity index (χ3n) is 1.37. The van der Waals surface area contributed by atoms with Crippen LogP contribution in [0.5, 0.6) is 0 Å². The molecule has 0 aliphatic carbocycles. The fourth-order valence-corrected chi connectivity index (χ4v) is 1.97. The lowest BCUT2D eigenvalue weighted by molar-refractivity contribution is 0.596. The highest BCUT2D eigenvalue weighted by Gasteiger charge is 2.13. The number of aromatic nitrogens is 1. The van der Waals surface area contributed by atoms with Crippen LogP contribution in [0.25, 0.3) is 0 Å². The van der Waals surface area contributed by atoms with E-state index in [2.05, 4.69) is 4.98 Å². The van der Waals surface area contributed by atoms with Crippen molar-refractivity contribution in [3.8, 4) is 0 Å². The Kier molecular flexibility index (Phi) is 2.84. The highest BCUT2D eigenvalue weighted by molar-refractivity contribution is 8.13. The molecule has 0 fully saturated rings. The molecule has 78 valence electrons. The van der Waals surface area contributed by atoms with Crippen molar-refractivity contribution < 1.29 is 16.8 Å². The predicted octanol–water partition coefficient (Wildman–Crippen LogP) is 0.413. The number of pyridine rings is 1. The molecule has 0 spiro atoms. The van der Waals surface area contributed by atoms with Gasteiger partial charge in [0, 0.05) is 23.1 Å². The van der Waals surface area contributed by atoms with Crippen molar-refractivity contribution >= 4 is 29.6 Å². The Balaban J connectivity index is 3.28. The van der Waals surface area contributed by atoms with Crippen LogP contribution in [0.2, 0.25) is 0 Å². The van der Waals surface area contributed by atoms with Gasteiger partial charge in [0.05, 0.1) is 0 Å². The average Bonchev–Trinajstić information content (AvgIpc) is 2.01. The fourth-order valence-electron chi connectivity index (χ4n) is 0.730. The maximum Gasteiger partial charge on any atom is 0.262 e. The van der Waals surface area contributed by atoms with E-state index in [1.54, 1.807) is 0 Å². The van der Waals surface area contributed by atoms with Gasteiger partial charge in [0.15, 0.2) is 14.9 Å². The van der Waals surface area contributed by atoms with Crippen LogP contribution in [0.4, 0.5) is 0 Å². The Morgan fingerprint density at radius 1 is 1.21 bits per heavy atom. The number of hydrogen-bond donors (Lipinski definition) is 0. The van der Waals surface area contributed by atoms with Gasteiger partial charge in [-0.1, -0.05) is 0 Å². The molecule has 0 aromatic carbocycles. The van der Waals surface area contributed by atoms with Crippen molar-refractivity contribution in [2.75, 3.05) is 6.26 Å². The Hall–Kier alpha value is -0.660. The van der Waals surface area contributed by atoms with Crippen LogP contribution in [0.15, 0.2) is 28.3 Å². The first-order chi connectivity index (χ1) is 6.21. The molecule has 0 saturated heterocycles. The van der Waals surface area contributed by atoms with Gasteiger partial charge in [0.2, 0.25) is 0 Å². The number of sulfone groups is 1. The second kappa shape index (κ2) is 3.48. The summed E-state index contributed by atoms with van der Waals surface area (Å²) in [5, 5.41) is -0.193. The molecular weight excluding hydrogens is 250 g/mol. The van der Waals surface area contributed by atoms with Crippen LogP contribution >= 0.6 is 10.7 Å². The summed E-state index contributed by atoms with van der Waals surface area (Å²) in [6.45, 7) is 0. The molecule has 1 rings (SSSR count). The zero-order valence-corrected chi connectivity index (χ0v) is 9.40. The molecule has 0 atom stereocenters. The van der Waals surface area contributed by atoms with Crippen LogP contribution in [0.1, 0.15) is 0 Å². The van der Waals surface area contributed by atoms with Gasteiger partial charge in [0.25, 0.3) is 9.05 Å². The van der Waals surface area contributed by atoms with E-state index < -0.39 is 18.9 Å². The minimum atomic E-state index is -3.85. The first-order valence-electron chi connectivity index (χ1n) is 3.32. The van der Waals surface area contributed by atoms with Crippen molar-refractivity contribution in [1.82, 2.24) is 4.98 Å². The van der Waals surface area contributed by atoms with Gasteiger partial charge >= 0.3 is 0 Å². The maximum absolute atomic E-state index is 10.9. The molecule has 0 unspecified atom stereocenters. The van der Waals surface area contributed by atoms with Crippen LogP contribution in [-0.4, -0.2) is 28.1 Å². The Morgan fingerprint density at radius 3 is 2.07 bits per heavy atom. The van der Waals surface area contributed by atoms with E-state index in [1.165, 1.54) is 0 Å². The summed E-state index contributed by atoms with van der Waals surface area (Å²) in [5.41, 5.74) is 0. The topological polar surface area (TPSA) is 81.2 Å². The van der Waals surface area contributed by atoms with E-state index >= 15 is 0 Å².